The number of carbonyl (C=O) groups is 1. The Hall–Kier alpha value is -0.700. The predicted molar refractivity (Wildman–Crippen MR) is 78.8 cm³/mol. The van der Waals surface area contributed by atoms with Crippen LogP contribution in [0.3, 0.4) is 0 Å². The number of primary sulfonamides is 1. The second kappa shape index (κ2) is 5.49. The minimum Gasteiger partial charge on any atom is -0.377 e. The third-order valence-electron chi connectivity index (χ3n) is 4.95. The van der Waals surface area contributed by atoms with E-state index in [4.69, 9.17) is 15.6 Å². The first-order valence-electron chi connectivity index (χ1n) is 7.30. The van der Waals surface area contributed by atoms with Gasteiger partial charge < -0.3 is 15.8 Å². The highest BCUT2D eigenvalue weighted by molar-refractivity contribution is 7.89. The molecule has 1 aliphatic heterocycles. The molecule has 1 saturated carbocycles. The van der Waals surface area contributed by atoms with Crippen LogP contribution in [0.25, 0.3) is 0 Å². The van der Waals surface area contributed by atoms with Crippen LogP contribution in [0.4, 0.5) is 0 Å². The Kier molecular flexibility index (Phi) is 4.36. The van der Waals surface area contributed by atoms with Crippen LogP contribution in [0.5, 0.6) is 0 Å². The average Bonchev–Trinajstić information content (AvgIpc) is 2.41. The number of nitrogens with one attached hydrogen (secondary N) is 1. The fraction of sp³-hybridized carbons (Fsp3) is 0.923. The van der Waals surface area contributed by atoms with Gasteiger partial charge in [0.15, 0.2) is 0 Å². The molecule has 0 radical (unpaired) electrons. The molecule has 1 amide bonds. The van der Waals surface area contributed by atoms with E-state index in [1.807, 2.05) is 13.8 Å². The lowest BCUT2D eigenvalue weighted by Gasteiger charge is -2.65. The molecule has 1 saturated heterocycles. The molecule has 8 heteroatoms. The molecule has 5 N–H and O–H groups in total. The van der Waals surface area contributed by atoms with Crippen LogP contribution in [-0.4, -0.2) is 44.9 Å². The molecule has 122 valence electrons. The van der Waals surface area contributed by atoms with Crippen molar-refractivity contribution in [2.75, 3.05) is 18.9 Å². The number of hydrogen-bond acceptors (Lipinski definition) is 5. The van der Waals surface area contributed by atoms with Crippen molar-refractivity contribution in [2.45, 2.75) is 44.8 Å². The van der Waals surface area contributed by atoms with Crippen molar-refractivity contribution >= 4 is 15.9 Å². The topological polar surface area (TPSA) is 125 Å². The summed E-state index contributed by atoms with van der Waals surface area (Å²) in [5.41, 5.74) is 5.02. The van der Waals surface area contributed by atoms with E-state index in [1.165, 1.54) is 0 Å². The van der Waals surface area contributed by atoms with E-state index in [0.717, 1.165) is 19.4 Å². The Labute approximate surface area is 125 Å². The number of ether oxygens (including phenoxy) is 1. The summed E-state index contributed by atoms with van der Waals surface area (Å²) in [7, 11) is -3.49. The van der Waals surface area contributed by atoms with Gasteiger partial charge >= 0.3 is 0 Å². The van der Waals surface area contributed by atoms with Gasteiger partial charge in [0.25, 0.3) is 0 Å². The van der Waals surface area contributed by atoms with E-state index < -0.39 is 21.0 Å². The number of hydrogen-bond donors (Lipinski definition) is 3. The SMILES string of the molecule is CC1(C)C2OCCCC2C1(N)C(=O)NCCCS(N)(=O)=O. The van der Waals surface area contributed by atoms with Crippen molar-refractivity contribution in [3.63, 3.8) is 0 Å². The highest BCUT2D eigenvalue weighted by atomic mass is 32.2. The maximum atomic E-state index is 12.5. The molecule has 2 rings (SSSR count). The Morgan fingerprint density at radius 3 is 2.71 bits per heavy atom. The molecule has 3 unspecified atom stereocenters. The van der Waals surface area contributed by atoms with Crippen LogP contribution in [-0.2, 0) is 19.6 Å². The molecule has 3 atom stereocenters. The summed E-state index contributed by atoms with van der Waals surface area (Å²) in [6.45, 7) is 4.87. The molecule has 0 aromatic rings. The van der Waals surface area contributed by atoms with E-state index in [9.17, 15) is 13.2 Å². The summed E-state index contributed by atoms with van der Waals surface area (Å²) in [5, 5.41) is 7.67. The van der Waals surface area contributed by atoms with Crippen LogP contribution in [0.2, 0.25) is 0 Å². The van der Waals surface area contributed by atoms with Crippen molar-refractivity contribution in [1.82, 2.24) is 5.32 Å². The van der Waals surface area contributed by atoms with Crippen LogP contribution in [0.15, 0.2) is 0 Å². The molecule has 0 bridgehead atoms. The summed E-state index contributed by atoms with van der Waals surface area (Å²) in [4.78, 5) is 12.5. The van der Waals surface area contributed by atoms with Crippen molar-refractivity contribution in [1.29, 1.82) is 0 Å². The highest BCUT2D eigenvalue weighted by Crippen LogP contribution is 2.57. The number of rotatable bonds is 5. The lowest BCUT2D eigenvalue weighted by atomic mass is 9.46. The van der Waals surface area contributed by atoms with Crippen LogP contribution >= 0.6 is 0 Å². The lowest BCUT2D eigenvalue weighted by molar-refractivity contribution is -0.225. The number of sulfonamides is 1. The van der Waals surface area contributed by atoms with Gasteiger partial charge in [-0.15, -0.1) is 0 Å². The lowest BCUT2D eigenvalue weighted by Crippen LogP contribution is -2.82. The third-order valence-corrected chi connectivity index (χ3v) is 5.81. The van der Waals surface area contributed by atoms with Crippen LogP contribution in [0.1, 0.15) is 33.1 Å². The minimum absolute atomic E-state index is 0.0198. The minimum atomic E-state index is -3.49. The Morgan fingerprint density at radius 2 is 2.10 bits per heavy atom. The molecular weight excluding hydrogens is 294 g/mol. The van der Waals surface area contributed by atoms with Crippen LogP contribution < -0.4 is 16.2 Å². The maximum Gasteiger partial charge on any atom is 0.241 e. The number of nitrogens with two attached hydrogens (primary N) is 2. The summed E-state index contributed by atoms with van der Waals surface area (Å²) in [6, 6.07) is 0. The molecule has 2 fully saturated rings. The molecule has 1 aliphatic carbocycles. The zero-order valence-electron chi connectivity index (χ0n) is 12.6. The molecule has 0 aromatic heterocycles. The molecule has 2 aliphatic rings. The summed E-state index contributed by atoms with van der Waals surface area (Å²) < 4.78 is 27.5. The van der Waals surface area contributed by atoms with E-state index in [2.05, 4.69) is 5.32 Å². The standard InChI is InChI=1S/C13H25N3O4S/c1-12(2)10-9(5-3-7-20-10)13(12,14)11(17)16-6-4-8-21(15,18)19/h9-10H,3-8,14H2,1-2H3,(H,16,17)(H2,15,18,19). The molecular formula is C13H25N3O4S. The molecule has 0 spiro atoms. The van der Waals surface area contributed by atoms with Crippen LogP contribution in [0, 0.1) is 11.3 Å². The zero-order valence-corrected chi connectivity index (χ0v) is 13.4. The summed E-state index contributed by atoms with van der Waals surface area (Å²) in [5.74, 6) is -0.350. The largest absolute Gasteiger partial charge is 0.377 e. The average molecular weight is 319 g/mol. The monoisotopic (exact) mass is 319 g/mol. The van der Waals surface area contributed by atoms with Gasteiger partial charge in [0.2, 0.25) is 15.9 Å². The first kappa shape index (κ1) is 16.7. The maximum absolute atomic E-state index is 12.5. The van der Waals surface area contributed by atoms with Gasteiger partial charge in [-0.2, -0.15) is 0 Å². The normalized spacial score (nSPS) is 34.7. The fourth-order valence-electron chi connectivity index (χ4n) is 3.66. The highest BCUT2D eigenvalue weighted by Gasteiger charge is 2.70. The van der Waals surface area contributed by atoms with Gasteiger partial charge in [-0.1, -0.05) is 13.8 Å². The smallest absolute Gasteiger partial charge is 0.241 e. The van der Waals surface area contributed by atoms with Gasteiger partial charge in [-0.3, -0.25) is 4.79 Å². The molecule has 7 nitrogen and oxygen atoms in total. The van der Waals surface area contributed by atoms with Gasteiger partial charge in [-0.25, -0.2) is 13.6 Å². The van der Waals surface area contributed by atoms with Crippen molar-refractivity contribution in [3.8, 4) is 0 Å². The van der Waals surface area contributed by atoms with Crippen molar-refractivity contribution < 1.29 is 17.9 Å². The quantitative estimate of drug-likeness (QED) is 0.579. The zero-order chi connectivity index (χ0) is 15.9. The number of carbonyl (C=O) groups excluding carboxylic acids is 1. The summed E-state index contributed by atoms with van der Waals surface area (Å²) in [6.07, 6.45) is 2.10. The fourth-order valence-corrected chi connectivity index (χ4v) is 4.21. The third kappa shape index (κ3) is 2.81. The van der Waals surface area contributed by atoms with Gasteiger partial charge in [0, 0.05) is 24.5 Å². The molecule has 21 heavy (non-hydrogen) atoms. The van der Waals surface area contributed by atoms with Gasteiger partial charge in [0.1, 0.15) is 5.54 Å². The van der Waals surface area contributed by atoms with Gasteiger partial charge in [-0.05, 0) is 19.3 Å². The second-order valence-corrected chi connectivity index (χ2v) is 8.34. The van der Waals surface area contributed by atoms with E-state index in [1.54, 1.807) is 0 Å². The molecule has 1 heterocycles. The predicted octanol–water partition coefficient (Wildman–Crippen LogP) is -0.686. The van der Waals surface area contributed by atoms with E-state index in [-0.39, 0.29) is 36.6 Å². The van der Waals surface area contributed by atoms with E-state index in [0.29, 0.717) is 0 Å². The first-order chi connectivity index (χ1) is 9.61. The first-order valence-corrected chi connectivity index (χ1v) is 9.01. The number of amides is 1. The summed E-state index contributed by atoms with van der Waals surface area (Å²) >= 11 is 0. The second-order valence-electron chi connectivity index (χ2n) is 6.61. The Morgan fingerprint density at radius 1 is 1.43 bits per heavy atom. The molecule has 0 aromatic carbocycles. The Balaban J connectivity index is 1.94. The van der Waals surface area contributed by atoms with Crippen molar-refractivity contribution in [3.05, 3.63) is 0 Å². The van der Waals surface area contributed by atoms with Gasteiger partial charge in [0.05, 0.1) is 11.9 Å². The number of fused-ring (bicyclic) bond motifs is 1. The van der Waals surface area contributed by atoms with Crippen molar-refractivity contribution in [2.24, 2.45) is 22.2 Å². The Bertz CT molecular complexity index is 520. The van der Waals surface area contributed by atoms with E-state index >= 15 is 0 Å².